The number of aromatic nitrogens is 2. The molecule has 1 aromatic heterocycles. The van der Waals surface area contributed by atoms with Crippen LogP contribution in [0.2, 0.25) is 5.15 Å². The van der Waals surface area contributed by atoms with Crippen LogP contribution in [0.25, 0.3) is 0 Å². The van der Waals surface area contributed by atoms with Crippen LogP contribution in [0.4, 0.5) is 5.82 Å². The van der Waals surface area contributed by atoms with E-state index < -0.39 is 0 Å². The Morgan fingerprint density at radius 3 is 3.00 bits per heavy atom. The lowest BCUT2D eigenvalue weighted by Crippen LogP contribution is -2.47. The first kappa shape index (κ1) is 15.8. The molecule has 1 unspecified atom stereocenters. The number of hydrogen-bond donors (Lipinski definition) is 2. The van der Waals surface area contributed by atoms with E-state index in [1.807, 2.05) is 0 Å². The van der Waals surface area contributed by atoms with Crippen LogP contribution in [0, 0.1) is 0 Å². The summed E-state index contributed by atoms with van der Waals surface area (Å²) in [5.74, 6) is -0.221. The molecule has 1 aliphatic rings. The number of nitrogens with zero attached hydrogens (tertiary/aromatic N) is 3. The number of ether oxygens (including phenoxy) is 1. The Hall–Kier alpha value is -1.60. The van der Waals surface area contributed by atoms with Crippen molar-refractivity contribution in [2.45, 2.75) is 25.8 Å². The minimum absolute atomic E-state index is 0.000205. The van der Waals surface area contributed by atoms with Crippen LogP contribution in [0.3, 0.4) is 0 Å². The molecular weight excluding hydrogens is 294 g/mol. The Labute approximate surface area is 128 Å². The van der Waals surface area contributed by atoms with E-state index in [4.69, 9.17) is 22.1 Å². The van der Waals surface area contributed by atoms with Gasteiger partial charge in [-0.1, -0.05) is 18.5 Å². The van der Waals surface area contributed by atoms with Gasteiger partial charge in [-0.25, -0.2) is 4.98 Å². The molecule has 0 aromatic carbocycles. The highest BCUT2D eigenvalue weighted by atomic mass is 35.5. The number of methoxy groups -OCH3 is 1. The zero-order valence-electron chi connectivity index (χ0n) is 12.2. The molecule has 2 rings (SSSR count). The molecule has 0 radical (unpaired) electrons. The van der Waals surface area contributed by atoms with E-state index in [1.54, 1.807) is 0 Å². The molecule has 0 bridgehead atoms. The Kier molecular flexibility index (Phi) is 5.19. The van der Waals surface area contributed by atoms with Gasteiger partial charge in [0, 0.05) is 12.6 Å². The molecule has 1 atom stereocenters. The fourth-order valence-corrected chi connectivity index (χ4v) is 2.54. The monoisotopic (exact) mass is 313 g/mol. The van der Waals surface area contributed by atoms with Crippen molar-refractivity contribution in [2.75, 3.05) is 32.5 Å². The van der Waals surface area contributed by atoms with Crippen molar-refractivity contribution >= 4 is 23.3 Å². The second kappa shape index (κ2) is 6.91. The van der Waals surface area contributed by atoms with Crippen molar-refractivity contribution in [1.82, 2.24) is 20.2 Å². The third-order valence-electron chi connectivity index (χ3n) is 3.54. The first-order chi connectivity index (χ1) is 10.0. The van der Waals surface area contributed by atoms with Crippen LogP contribution in [0.5, 0.6) is 5.88 Å². The summed E-state index contributed by atoms with van der Waals surface area (Å²) in [5, 5.41) is 2.96. The molecule has 116 valence electrons. The average Bonchev–Trinajstić information content (AvgIpc) is 2.49. The predicted molar refractivity (Wildman–Crippen MR) is 80.6 cm³/mol. The average molecular weight is 314 g/mol. The van der Waals surface area contributed by atoms with Gasteiger partial charge in [-0.2, -0.15) is 4.98 Å². The number of halogens is 1. The molecule has 1 aliphatic heterocycles. The van der Waals surface area contributed by atoms with E-state index in [1.165, 1.54) is 7.11 Å². The van der Waals surface area contributed by atoms with Gasteiger partial charge in [-0.05, 0) is 25.9 Å². The van der Waals surface area contributed by atoms with Crippen LogP contribution in [0.15, 0.2) is 0 Å². The maximum absolute atomic E-state index is 12.3. The fraction of sp³-hybridized carbons (Fsp3) is 0.615. The topological polar surface area (TPSA) is 93.4 Å². The van der Waals surface area contributed by atoms with Crippen molar-refractivity contribution in [3.63, 3.8) is 0 Å². The number of nitrogen functional groups attached to an aromatic ring is 1. The van der Waals surface area contributed by atoms with Gasteiger partial charge in [0.05, 0.1) is 7.11 Å². The third kappa shape index (κ3) is 3.74. The summed E-state index contributed by atoms with van der Waals surface area (Å²) in [6.07, 6.45) is 2.00. The number of likely N-dealkylation sites (tertiary alicyclic amines) is 1. The van der Waals surface area contributed by atoms with Gasteiger partial charge in [0.1, 0.15) is 0 Å². The molecule has 3 N–H and O–H groups in total. The molecule has 2 heterocycles. The standard InChI is InChI=1S/C13H20ClN5O2/c1-3-19-6-4-5-8(7-19)16-12(20)9-13(21-2)18-11(15)10(14)17-9/h8H,3-7H2,1-2H3,(H2,15,18)(H,16,20). The molecule has 0 saturated carbocycles. The van der Waals surface area contributed by atoms with Crippen molar-refractivity contribution in [2.24, 2.45) is 0 Å². The molecule has 0 aliphatic carbocycles. The molecule has 0 spiro atoms. The van der Waals surface area contributed by atoms with Crippen LogP contribution in [-0.4, -0.2) is 53.6 Å². The number of hydrogen-bond acceptors (Lipinski definition) is 6. The Morgan fingerprint density at radius 1 is 1.57 bits per heavy atom. The van der Waals surface area contributed by atoms with E-state index >= 15 is 0 Å². The summed E-state index contributed by atoms with van der Waals surface area (Å²) < 4.78 is 5.05. The van der Waals surface area contributed by atoms with E-state index in [0.717, 1.165) is 32.5 Å². The number of carbonyl (C=O) groups is 1. The third-order valence-corrected chi connectivity index (χ3v) is 3.82. The van der Waals surface area contributed by atoms with Crippen molar-refractivity contribution in [3.8, 4) is 5.88 Å². The van der Waals surface area contributed by atoms with Gasteiger partial charge in [0.15, 0.2) is 16.7 Å². The molecule has 1 fully saturated rings. The van der Waals surface area contributed by atoms with Crippen LogP contribution in [-0.2, 0) is 0 Å². The normalized spacial score (nSPS) is 19.3. The molecular formula is C13H20ClN5O2. The van der Waals surface area contributed by atoms with Crippen LogP contribution < -0.4 is 15.8 Å². The molecule has 21 heavy (non-hydrogen) atoms. The number of rotatable bonds is 4. The van der Waals surface area contributed by atoms with E-state index in [0.29, 0.717) is 0 Å². The summed E-state index contributed by atoms with van der Waals surface area (Å²) in [6, 6.07) is 0.0917. The highest BCUT2D eigenvalue weighted by Gasteiger charge is 2.24. The number of anilines is 1. The number of carbonyl (C=O) groups excluding carboxylic acids is 1. The Balaban J connectivity index is 2.11. The van der Waals surface area contributed by atoms with Crippen molar-refractivity contribution < 1.29 is 9.53 Å². The maximum Gasteiger partial charge on any atom is 0.275 e. The smallest absolute Gasteiger partial charge is 0.275 e. The van der Waals surface area contributed by atoms with Gasteiger partial charge >= 0.3 is 0 Å². The molecule has 7 nitrogen and oxygen atoms in total. The summed E-state index contributed by atoms with van der Waals surface area (Å²) in [6.45, 7) is 4.99. The van der Waals surface area contributed by atoms with E-state index in [-0.39, 0.29) is 34.5 Å². The molecule has 1 amide bonds. The van der Waals surface area contributed by atoms with Crippen molar-refractivity contribution in [3.05, 3.63) is 10.8 Å². The summed E-state index contributed by atoms with van der Waals surface area (Å²) in [4.78, 5) is 22.5. The van der Waals surface area contributed by atoms with Gasteiger partial charge in [-0.15, -0.1) is 0 Å². The van der Waals surface area contributed by atoms with Gasteiger partial charge in [0.25, 0.3) is 5.91 Å². The quantitative estimate of drug-likeness (QED) is 0.859. The number of likely N-dealkylation sites (N-methyl/N-ethyl adjacent to an activating group) is 1. The first-order valence-electron chi connectivity index (χ1n) is 6.95. The second-order valence-electron chi connectivity index (χ2n) is 4.96. The Bertz CT molecular complexity index is 526. The summed E-state index contributed by atoms with van der Waals surface area (Å²) in [5.41, 5.74) is 5.62. The summed E-state index contributed by atoms with van der Waals surface area (Å²) >= 11 is 5.83. The largest absolute Gasteiger partial charge is 0.479 e. The highest BCUT2D eigenvalue weighted by molar-refractivity contribution is 6.31. The second-order valence-corrected chi connectivity index (χ2v) is 5.32. The van der Waals surface area contributed by atoms with Gasteiger partial charge in [-0.3, -0.25) is 4.79 Å². The fourth-order valence-electron chi connectivity index (χ4n) is 2.42. The van der Waals surface area contributed by atoms with E-state index in [9.17, 15) is 4.79 Å². The first-order valence-corrected chi connectivity index (χ1v) is 7.33. The number of nitrogens with two attached hydrogens (primary N) is 1. The van der Waals surface area contributed by atoms with Gasteiger partial charge < -0.3 is 20.7 Å². The molecule has 8 heteroatoms. The minimum Gasteiger partial charge on any atom is -0.479 e. The molecule has 1 aromatic rings. The van der Waals surface area contributed by atoms with Crippen LogP contribution in [0.1, 0.15) is 30.3 Å². The van der Waals surface area contributed by atoms with Crippen LogP contribution >= 0.6 is 11.6 Å². The lowest BCUT2D eigenvalue weighted by atomic mass is 10.1. The SMILES string of the molecule is CCN1CCCC(NC(=O)c2nc(Cl)c(N)nc2OC)C1. The van der Waals surface area contributed by atoms with Crippen molar-refractivity contribution in [1.29, 1.82) is 0 Å². The zero-order valence-corrected chi connectivity index (χ0v) is 13.0. The Morgan fingerprint density at radius 2 is 2.33 bits per heavy atom. The predicted octanol–water partition coefficient (Wildman–Crippen LogP) is 0.935. The lowest BCUT2D eigenvalue weighted by molar-refractivity contribution is 0.0896. The highest BCUT2D eigenvalue weighted by Crippen LogP contribution is 2.21. The molecule has 1 saturated heterocycles. The summed E-state index contributed by atoms with van der Waals surface area (Å²) in [7, 11) is 1.41. The number of amides is 1. The maximum atomic E-state index is 12.3. The number of nitrogens with one attached hydrogen (secondary N) is 1. The number of piperidine rings is 1. The lowest BCUT2D eigenvalue weighted by Gasteiger charge is -2.32. The van der Waals surface area contributed by atoms with Gasteiger partial charge in [0.2, 0.25) is 5.88 Å². The zero-order chi connectivity index (χ0) is 15.4. The van der Waals surface area contributed by atoms with E-state index in [2.05, 4.69) is 27.1 Å². The minimum atomic E-state index is -0.343.